The van der Waals surface area contributed by atoms with Gasteiger partial charge in [0.2, 0.25) is 0 Å². The summed E-state index contributed by atoms with van der Waals surface area (Å²) in [6.45, 7) is -0.109. The molecule has 0 heterocycles. The minimum Gasteiger partial charge on any atom is -0.229 e. The Morgan fingerprint density at radius 2 is 1.67 bits per heavy atom. The molecule has 0 aliphatic rings. The van der Waals surface area contributed by atoms with Gasteiger partial charge in [-0.2, -0.15) is 8.42 Å². The van der Waals surface area contributed by atoms with Crippen molar-refractivity contribution in [1.29, 1.82) is 0 Å². The van der Waals surface area contributed by atoms with Crippen molar-refractivity contribution in [2.45, 2.75) is 0 Å². The van der Waals surface area contributed by atoms with Crippen molar-refractivity contribution in [3.8, 4) is 0 Å². The third-order valence-electron chi connectivity index (χ3n) is 1.03. The molecule has 0 aromatic heterocycles. The Labute approximate surface area is 72.5 Å². The van der Waals surface area contributed by atoms with Gasteiger partial charge >= 0.3 is 0 Å². The summed E-state index contributed by atoms with van der Waals surface area (Å²) in [7, 11) is -5.38. The van der Waals surface area contributed by atoms with E-state index >= 15 is 0 Å². The van der Waals surface area contributed by atoms with Gasteiger partial charge in [-0.05, 0) is 0 Å². The normalized spacial score (nSPS) is 13.2. The molecule has 8 heteroatoms. The Morgan fingerprint density at radius 3 is 2.00 bits per heavy atom. The number of nitrogens with one attached hydrogen (secondary N) is 2. The van der Waals surface area contributed by atoms with E-state index in [0.29, 0.717) is 0 Å². The average Bonchev–Trinajstić information content (AvgIpc) is 1.84. The van der Waals surface area contributed by atoms with Crippen LogP contribution in [0.1, 0.15) is 0 Å². The van der Waals surface area contributed by atoms with E-state index in [1.165, 1.54) is 7.05 Å². The molecule has 0 unspecified atom stereocenters. The average molecular weight is 216 g/mol. The van der Waals surface area contributed by atoms with Crippen LogP contribution in [0.3, 0.4) is 0 Å². The Morgan fingerprint density at radius 1 is 1.17 bits per heavy atom. The smallest absolute Gasteiger partial charge is 0.229 e. The summed E-state index contributed by atoms with van der Waals surface area (Å²) in [5, 5.41) is 0. The van der Waals surface area contributed by atoms with E-state index in [2.05, 4.69) is 0 Å². The third-order valence-corrected chi connectivity index (χ3v) is 3.10. The van der Waals surface area contributed by atoms with E-state index in [1.54, 1.807) is 0 Å². The molecule has 0 fully saturated rings. The molecule has 12 heavy (non-hydrogen) atoms. The lowest BCUT2D eigenvalue weighted by Crippen LogP contribution is -2.36. The van der Waals surface area contributed by atoms with E-state index in [9.17, 15) is 16.8 Å². The SMILES string of the molecule is CNS(=O)(=O)NCCS(C)(=O)=O. The monoisotopic (exact) mass is 216 g/mol. The molecule has 0 atom stereocenters. The van der Waals surface area contributed by atoms with Crippen LogP contribution in [0, 0.1) is 0 Å². The minimum atomic E-state index is -3.51. The Balaban J connectivity index is 3.89. The van der Waals surface area contributed by atoms with E-state index in [4.69, 9.17) is 0 Å². The highest BCUT2D eigenvalue weighted by atomic mass is 32.2. The van der Waals surface area contributed by atoms with Gasteiger partial charge in [0.1, 0.15) is 9.84 Å². The zero-order chi connectivity index (χ0) is 9.83. The topological polar surface area (TPSA) is 92.3 Å². The van der Waals surface area contributed by atoms with E-state index in [-0.39, 0.29) is 12.3 Å². The van der Waals surface area contributed by atoms with Crippen molar-refractivity contribution in [1.82, 2.24) is 9.44 Å². The summed E-state index contributed by atoms with van der Waals surface area (Å²) in [6, 6.07) is 0. The van der Waals surface area contributed by atoms with Crippen LogP contribution in [-0.2, 0) is 20.0 Å². The standard InChI is InChI=1S/C4H12N2O4S2/c1-5-12(9,10)6-3-4-11(2,7)8/h5-6H,3-4H2,1-2H3. The van der Waals surface area contributed by atoms with E-state index in [0.717, 1.165) is 6.26 Å². The third kappa shape index (κ3) is 6.53. The first kappa shape index (κ1) is 11.8. The summed E-state index contributed by atoms with van der Waals surface area (Å²) in [4.78, 5) is 0. The molecule has 0 bridgehead atoms. The number of rotatable bonds is 5. The lowest BCUT2D eigenvalue weighted by atomic mass is 10.8. The molecule has 2 N–H and O–H groups in total. The second-order valence-corrected chi connectivity index (χ2v) is 6.20. The fourth-order valence-electron chi connectivity index (χ4n) is 0.434. The molecule has 0 aromatic rings. The van der Waals surface area contributed by atoms with Gasteiger partial charge in [-0.1, -0.05) is 0 Å². The molecule has 0 saturated heterocycles. The zero-order valence-corrected chi connectivity index (χ0v) is 8.50. The van der Waals surface area contributed by atoms with Crippen molar-refractivity contribution in [3.63, 3.8) is 0 Å². The van der Waals surface area contributed by atoms with Gasteiger partial charge in [0, 0.05) is 19.8 Å². The summed E-state index contributed by atoms with van der Waals surface area (Å²) >= 11 is 0. The largest absolute Gasteiger partial charge is 0.276 e. The van der Waals surface area contributed by atoms with Crippen molar-refractivity contribution >= 4 is 20.0 Å². The van der Waals surface area contributed by atoms with Crippen LogP contribution >= 0.6 is 0 Å². The molecule has 0 aromatic carbocycles. The highest BCUT2D eigenvalue weighted by Crippen LogP contribution is 1.81. The van der Waals surface area contributed by atoms with Crippen LogP contribution < -0.4 is 9.44 Å². The van der Waals surface area contributed by atoms with Crippen LogP contribution in [0.2, 0.25) is 0 Å². The molecular formula is C4H12N2O4S2. The lowest BCUT2D eigenvalue weighted by Gasteiger charge is -2.02. The van der Waals surface area contributed by atoms with E-state index < -0.39 is 20.0 Å². The molecule has 6 nitrogen and oxygen atoms in total. The lowest BCUT2D eigenvalue weighted by molar-refractivity contribution is 0.574. The van der Waals surface area contributed by atoms with Crippen molar-refractivity contribution in [2.24, 2.45) is 0 Å². The number of sulfone groups is 1. The molecule has 0 aliphatic carbocycles. The molecule has 74 valence electrons. The number of hydrogen-bond donors (Lipinski definition) is 2. The Bertz CT molecular complexity index is 317. The first-order chi connectivity index (χ1) is 5.27. The van der Waals surface area contributed by atoms with Crippen LogP contribution in [0.5, 0.6) is 0 Å². The quantitative estimate of drug-likeness (QED) is 0.560. The molecular weight excluding hydrogens is 204 g/mol. The first-order valence-corrected chi connectivity index (χ1v) is 6.67. The van der Waals surface area contributed by atoms with Crippen LogP contribution in [0.25, 0.3) is 0 Å². The van der Waals surface area contributed by atoms with Crippen LogP contribution in [-0.4, -0.2) is 42.4 Å². The first-order valence-electron chi connectivity index (χ1n) is 3.13. The summed E-state index contributed by atoms with van der Waals surface area (Å²) < 4.78 is 46.5. The zero-order valence-electron chi connectivity index (χ0n) is 6.86. The van der Waals surface area contributed by atoms with Gasteiger partial charge in [-0.3, -0.25) is 0 Å². The van der Waals surface area contributed by atoms with Crippen molar-refractivity contribution < 1.29 is 16.8 Å². The molecule has 0 aliphatic heterocycles. The Kier molecular flexibility index (Phi) is 4.11. The fraction of sp³-hybridized carbons (Fsp3) is 1.00. The van der Waals surface area contributed by atoms with Crippen molar-refractivity contribution in [2.75, 3.05) is 25.6 Å². The maximum absolute atomic E-state index is 10.7. The Hall–Kier alpha value is -0.180. The molecule has 0 rings (SSSR count). The maximum Gasteiger partial charge on any atom is 0.276 e. The van der Waals surface area contributed by atoms with Crippen LogP contribution in [0.4, 0.5) is 0 Å². The van der Waals surface area contributed by atoms with Crippen LogP contribution in [0.15, 0.2) is 0 Å². The fourth-order valence-corrected chi connectivity index (χ4v) is 1.55. The van der Waals surface area contributed by atoms with E-state index in [1.807, 2.05) is 9.44 Å². The minimum absolute atomic E-state index is 0.109. The highest BCUT2D eigenvalue weighted by molar-refractivity contribution is 7.90. The van der Waals surface area contributed by atoms with Gasteiger partial charge in [0.05, 0.1) is 5.75 Å². The van der Waals surface area contributed by atoms with Gasteiger partial charge in [0.25, 0.3) is 10.2 Å². The molecule has 0 radical (unpaired) electrons. The highest BCUT2D eigenvalue weighted by Gasteiger charge is 2.07. The maximum atomic E-state index is 10.7. The second-order valence-electron chi connectivity index (χ2n) is 2.23. The van der Waals surface area contributed by atoms with Gasteiger partial charge in [-0.25, -0.2) is 17.9 Å². The summed E-state index contributed by atoms with van der Waals surface area (Å²) in [6.07, 6.45) is 1.04. The predicted octanol–water partition coefficient (Wildman–Crippen LogP) is -1.92. The summed E-state index contributed by atoms with van der Waals surface area (Å²) in [5.41, 5.74) is 0. The summed E-state index contributed by atoms with van der Waals surface area (Å²) in [5.74, 6) is -0.200. The van der Waals surface area contributed by atoms with Gasteiger partial charge in [-0.15, -0.1) is 0 Å². The van der Waals surface area contributed by atoms with Gasteiger partial charge in [0.15, 0.2) is 0 Å². The molecule has 0 spiro atoms. The second kappa shape index (κ2) is 4.17. The molecule has 0 amide bonds. The molecule has 0 saturated carbocycles. The van der Waals surface area contributed by atoms with Gasteiger partial charge < -0.3 is 0 Å². The number of hydrogen-bond acceptors (Lipinski definition) is 4. The predicted molar refractivity (Wildman–Crippen MR) is 45.7 cm³/mol. The van der Waals surface area contributed by atoms with Crippen molar-refractivity contribution in [3.05, 3.63) is 0 Å².